The van der Waals surface area contributed by atoms with Gasteiger partial charge in [0, 0.05) is 25.0 Å². The number of hydrogen-bond donors (Lipinski definition) is 2. The summed E-state index contributed by atoms with van der Waals surface area (Å²) in [6.07, 6.45) is -1.93. The Bertz CT molecular complexity index is 1110. The number of carboxylic acid groups (broad SMARTS) is 1. The van der Waals surface area contributed by atoms with Gasteiger partial charge in [0.15, 0.2) is 0 Å². The van der Waals surface area contributed by atoms with Gasteiger partial charge in [-0.3, -0.25) is 0 Å². The number of anilines is 1. The highest BCUT2D eigenvalue weighted by molar-refractivity contribution is 5.95. The zero-order chi connectivity index (χ0) is 23.5. The number of ether oxygens (including phenoxy) is 1. The number of fused-ring (bicyclic) bond motifs is 1. The van der Waals surface area contributed by atoms with Crippen molar-refractivity contribution >= 4 is 23.2 Å². The van der Waals surface area contributed by atoms with Gasteiger partial charge in [0.2, 0.25) is 0 Å². The standard InChI is InChI=1S/C21H21F3N4O4/c1-13(2)11-27(12-14-7-8-28-18(9-14)17(10-25-28)19(29)30)20(31)26-15-3-5-16(6-4-15)32-21(22,23)24/h3-10,13H,11-12H2,1-2H3,(H,26,31)(H,29,30). The van der Waals surface area contributed by atoms with Crippen molar-refractivity contribution in [2.75, 3.05) is 11.9 Å². The van der Waals surface area contributed by atoms with E-state index in [1.807, 2.05) is 13.8 Å². The first kappa shape index (κ1) is 22.9. The maximum Gasteiger partial charge on any atom is 0.573 e. The third-order valence-corrected chi connectivity index (χ3v) is 4.40. The number of halogens is 3. The smallest absolute Gasteiger partial charge is 0.478 e. The van der Waals surface area contributed by atoms with E-state index in [1.54, 1.807) is 18.3 Å². The molecular weight excluding hydrogens is 429 g/mol. The lowest BCUT2D eigenvalue weighted by atomic mass is 10.1. The van der Waals surface area contributed by atoms with E-state index < -0.39 is 24.1 Å². The van der Waals surface area contributed by atoms with Crippen LogP contribution in [0.3, 0.4) is 0 Å². The van der Waals surface area contributed by atoms with Gasteiger partial charge in [0.05, 0.1) is 11.7 Å². The maximum absolute atomic E-state index is 12.8. The number of hydrogen-bond acceptors (Lipinski definition) is 4. The van der Waals surface area contributed by atoms with Crippen molar-refractivity contribution < 1.29 is 32.6 Å². The summed E-state index contributed by atoms with van der Waals surface area (Å²) in [5.41, 5.74) is 1.45. The number of aromatic nitrogens is 2. The van der Waals surface area contributed by atoms with E-state index in [0.717, 1.165) is 12.1 Å². The number of carboxylic acids is 1. The lowest BCUT2D eigenvalue weighted by Crippen LogP contribution is -2.37. The van der Waals surface area contributed by atoms with Crippen LogP contribution in [-0.4, -0.2) is 44.5 Å². The largest absolute Gasteiger partial charge is 0.573 e. The van der Waals surface area contributed by atoms with Crippen LogP contribution in [0, 0.1) is 5.92 Å². The average Bonchev–Trinajstić information content (AvgIpc) is 3.11. The lowest BCUT2D eigenvalue weighted by molar-refractivity contribution is -0.274. The van der Waals surface area contributed by atoms with Gasteiger partial charge >= 0.3 is 18.4 Å². The van der Waals surface area contributed by atoms with Crippen LogP contribution in [0.5, 0.6) is 5.75 Å². The molecule has 3 rings (SSSR count). The number of nitrogens with one attached hydrogen (secondary N) is 1. The Balaban J connectivity index is 1.76. The quantitative estimate of drug-likeness (QED) is 0.548. The third kappa shape index (κ3) is 5.90. The number of alkyl halides is 3. The number of pyridine rings is 1. The summed E-state index contributed by atoms with van der Waals surface area (Å²) < 4.78 is 42.1. The molecule has 0 aliphatic heterocycles. The maximum atomic E-state index is 12.8. The molecule has 1 aromatic carbocycles. The number of amides is 2. The lowest BCUT2D eigenvalue weighted by Gasteiger charge is -2.25. The van der Waals surface area contributed by atoms with Crippen molar-refractivity contribution in [3.63, 3.8) is 0 Å². The summed E-state index contributed by atoms with van der Waals surface area (Å²) in [6, 6.07) is 7.77. The molecule has 32 heavy (non-hydrogen) atoms. The molecule has 0 bridgehead atoms. The van der Waals surface area contributed by atoms with Gasteiger partial charge in [-0.05, 0) is 47.9 Å². The van der Waals surface area contributed by atoms with Crippen LogP contribution in [0.15, 0.2) is 48.8 Å². The van der Waals surface area contributed by atoms with E-state index in [0.29, 0.717) is 23.3 Å². The summed E-state index contributed by atoms with van der Waals surface area (Å²) in [6.45, 7) is 4.47. The van der Waals surface area contributed by atoms with E-state index in [1.165, 1.54) is 27.7 Å². The molecule has 0 unspecified atom stereocenters. The molecule has 170 valence electrons. The van der Waals surface area contributed by atoms with Crippen LogP contribution >= 0.6 is 0 Å². The predicted molar refractivity (Wildman–Crippen MR) is 110 cm³/mol. The zero-order valence-electron chi connectivity index (χ0n) is 17.3. The van der Waals surface area contributed by atoms with E-state index in [-0.39, 0.29) is 18.0 Å². The fourth-order valence-corrected chi connectivity index (χ4v) is 3.11. The van der Waals surface area contributed by atoms with E-state index in [4.69, 9.17) is 0 Å². The second-order valence-corrected chi connectivity index (χ2v) is 7.50. The Hall–Kier alpha value is -3.76. The predicted octanol–water partition coefficient (Wildman–Crippen LogP) is 4.62. The second-order valence-electron chi connectivity index (χ2n) is 7.50. The molecule has 2 amide bonds. The van der Waals surface area contributed by atoms with E-state index in [2.05, 4.69) is 15.2 Å². The molecule has 3 aromatic rings. The minimum absolute atomic E-state index is 0.0490. The van der Waals surface area contributed by atoms with Gasteiger partial charge in [-0.1, -0.05) is 13.8 Å². The molecule has 0 aliphatic carbocycles. The van der Waals surface area contributed by atoms with Gasteiger partial charge in [-0.15, -0.1) is 13.2 Å². The second kappa shape index (κ2) is 9.16. The molecule has 0 radical (unpaired) electrons. The average molecular weight is 450 g/mol. The Kier molecular flexibility index (Phi) is 6.56. The molecule has 0 atom stereocenters. The number of benzene rings is 1. The highest BCUT2D eigenvalue weighted by Crippen LogP contribution is 2.24. The molecule has 2 N–H and O–H groups in total. The first-order chi connectivity index (χ1) is 15.0. The summed E-state index contributed by atoms with van der Waals surface area (Å²) >= 11 is 0. The fraction of sp³-hybridized carbons (Fsp3) is 0.286. The minimum Gasteiger partial charge on any atom is -0.478 e. The van der Waals surface area contributed by atoms with Gasteiger partial charge < -0.3 is 20.1 Å². The minimum atomic E-state index is -4.80. The van der Waals surface area contributed by atoms with Crippen molar-refractivity contribution in [3.05, 3.63) is 59.9 Å². The molecule has 0 fully saturated rings. The van der Waals surface area contributed by atoms with Crippen LogP contribution in [0.25, 0.3) is 5.52 Å². The third-order valence-electron chi connectivity index (χ3n) is 4.40. The van der Waals surface area contributed by atoms with Gasteiger partial charge in [-0.2, -0.15) is 5.10 Å². The molecular formula is C21H21F3N4O4. The number of urea groups is 1. The number of carbonyl (C=O) groups is 2. The zero-order valence-corrected chi connectivity index (χ0v) is 17.3. The van der Waals surface area contributed by atoms with Crippen LogP contribution in [0.4, 0.5) is 23.7 Å². The molecule has 0 saturated carbocycles. The number of aromatic carboxylic acids is 1. The first-order valence-corrected chi connectivity index (χ1v) is 9.63. The van der Waals surface area contributed by atoms with Crippen LogP contribution < -0.4 is 10.1 Å². The number of carbonyl (C=O) groups excluding carboxylic acids is 1. The van der Waals surface area contributed by atoms with E-state index in [9.17, 15) is 27.9 Å². The molecule has 11 heteroatoms. The Morgan fingerprint density at radius 3 is 2.50 bits per heavy atom. The fourth-order valence-electron chi connectivity index (χ4n) is 3.11. The van der Waals surface area contributed by atoms with Gasteiger partial charge in [0.25, 0.3) is 0 Å². The van der Waals surface area contributed by atoms with Crippen molar-refractivity contribution in [1.82, 2.24) is 14.5 Å². The van der Waals surface area contributed by atoms with Crippen molar-refractivity contribution in [2.24, 2.45) is 5.92 Å². The van der Waals surface area contributed by atoms with Crippen molar-refractivity contribution in [1.29, 1.82) is 0 Å². The highest BCUT2D eigenvalue weighted by Gasteiger charge is 2.31. The Morgan fingerprint density at radius 2 is 1.91 bits per heavy atom. The van der Waals surface area contributed by atoms with E-state index >= 15 is 0 Å². The first-order valence-electron chi connectivity index (χ1n) is 9.63. The molecule has 0 saturated heterocycles. The molecule has 0 aliphatic rings. The summed E-state index contributed by atoms with van der Waals surface area (Å²) in [7, 11) is 0. The van der Waals surface area contributed by atoms with Crippen LogP contribution in [-0.2, 0) is 6.54 Å². The monoisotopic (exact) mass is 450 g/mol. The van der Waals surface area contributed by atoms with Crippen LogP contribution in [0.1, 0.15) is 29.8 Å². The highest BCUT2D eigenvalue weighted by atomic mass is 19.4. The summed E-state index contributed by atoms with van der Waals surface area (Å²) in [5, 5.41) is 15.9. The molecule has 2 aromatic heterocycles. The molecule has 2 heterocycles. The Labute approximate surface area is 181 Å². The molecule has 8 nitrogen and oxygen atoms in total. The molecule has 0 spiro atoms. The summed E-state index contributed by atoms with van der Waals surface area (Å²) in [5.74, 6) is -1.36. The Morgan fingerprint density at radius 1 is 1.22 bits per heavy atom. The number of rotatable bonds is 7. The van der Waals surface area contributed by atoms with Crippen molar-refractivity contribution in [2.45, 2.75) is 26.8 Å². The van der Waals surface area contributed by atoms with Crippen molar-refractivity contribution in [3.8, 4) is 5.75 Å². The van der Waals surface area contributed by atoms with Crippen LogP contribution in [0.2, 0.25) is 0 Å². The van der Waals surface area contributed by atoms with Gasteiger partial charge in [0.1, 0.15) is 11.3 Å². The topological polar surface area (TPSA) is 96.2 Å². The number of nitrogens with zero attached hydrogens (tertiary/aromatic N) is 3. The normalized spacial score (nSPS) is 11.6. The summed E-state index contributed by atoms with van der Waals surface area (Å²) in [4.78, 5) is 25.7. The van der Waals surface area contributed by atoms with Gasteiger partial charge in [-0.25, -0.2) is 14.1 Å². The SMILES string of the molecule is CC(C)CN(Cc1ccn2ncc(C(=O)O)c2c1)C(=O)Nc1ccc(OC(F)(F)F)cc1.